The van der Waals surface area contributed by atoms with Gasteiger partial charge in [-0.1, -0.05) is 29.8 Å². The van der Waals surface area contributed by atoms with Crippen LogP contribution >= 0.6 is 0 Å². The van der Waals surface area contributed by atoms with Gasteiger partial charge in [-0.05, 0) is 39.3 Å². The summed E-state index contributed by atoms with van der Waals surface area (Å²) in [5.74, 6) is -0.938. The van der Waals surface area contributed by atoms with Crippen LogP contribution in [0.3, 0.4) is 0 Å². The molecule has 126 valence electrons. The number of hydrogen-bond acceptors (Lipinski definition) is 3. The highest BCUT2D eigenvalue weighted by Crippen LogP contribution is 2.32. The minimum absolute atomic E-state index is 0.0973. The normalized spacial score (nSPS) is 15.0. The van der Waals surface area contributed by atoms with Crippen molar-refractivity contribution >= 4 is 23.1 Å². The third-order valence-electron chi connectivity index (χ3n) is 3.68. The number of para-hydroxylation sites is 1. The summed E-state index contributed by atoms with van der Waals surface area (Å²) in [6.45, 7) is 5.80. The molecule has 0 atom stereocenters. The number of carbonyl (C=O) groups is 2. The number of amides is 1. The predicted molar refractivity (Wildman–Crippen MR) is 95.2 cm³/mol. The van der Waals surface area contributed by atoms with Gasteiger partial charge in [0.15, 0.2) is 0 Å². The second-order valence-corrected chi connectivity index (χ2v) is 5.92. The molecule has 1 aromatic carbocycles. The molecule has 0 unspecified atom stereocenters. The lowest BCUT2D eigenvalue weighted by atomic mass is 10.0. The Hall–Kier alpha value is -2.82. The average molecular weight is 326 g/mol. The monoisotopic (exact) mass is 326 g/mol. The van der Waals surface area contributed by atoms with Gasteiger partial charge in [0.2, 0.25) is 0 Å². The van der Waals surface area contributed by atoms with Crippen molar-refractivity contribution < 1.29 is 14.7 Å². The molecule has 1 amide bonds. The molecule has 2 rings (SSSR count). The van der Waals surface area contributed by atoms with E-state index in [1.807, 2.05) is 57.2 Å². The summed E-state index contributed by atoms with van der Waals surface area (Å²) in [7, 11) is 0. The van der Waals surface area contributed by atoms with E-state index in [4.69, 9.17) is 5.11 Å². The smallest absolute Gasteiger partial charge is 0.303 e. The van der Waals surface area contributed by atoms with Crippen molar-refractivity contribution in [3.8, 4) is 0 Å². The molecule has 0 spiro atoms. The van der Waals surface area contributed by atoms with E-state index in [1.54, 1.807) is 0 Å². The molecule has 5 heteroatoms. The summed E-state index contributed by atoms with van der Waals surface area (Å²) in [5.41, 5.74) is 5.04. The summed E-state index contributed by atoms with van der Waals surface area (Å²) < 4.78 is 0. The molecule has 0 saturated heterocycles. The van der Waals surface area contributed by atoms with Gasteiger partial charge >= 0.3 is 5.97 Å². The topological polar surface area (TPSA) is 78.4 Å². The van der Waals surface area contributed by atoms with E-state index in [1.165, 1.54) is 0 Å². The summed E-state index contributed by atoms with van der Waals surface area (Å²) >= 11 is 0. The van der Waals surface area contributed by atoms with Crippen molar-refractivity contribution in [1.82, 2.24) is 5.32 Å². The second kappa shape index (κ2) is 7.64. The summed E-state index contributed by atoms with van der Waals surface area (Å²) in [4.78, 5) is 22.8. The van der Waals surface area contributed by atoms with Gasteiger partial charge in [-0.3, -0.25) is 9.59 Å². The lowest BCUT2D eigenvalue weighted by Gasteiger charge is -2.11. The Morgan fingerprint density at radius 3 is 2.62 bits per heavy atom. The standard InChI is InChI=1S/C19H22N2O3/c1-12(2)17(20-13(3)7-6-10-18(22)23)11-15-14-8-4-5-9-16(14)21-19(15)24/h4-5,7-9,11,20H,6,10H2,1-3H3,(H,21,24)(H,22,23)/b13-7+,15-11-. The maximum atomic E-state index is 12.2. The molecule has 0 aliphatic carbocycles. The molecular formula is C19H22N2O3. The zero-order valence-electron chi connectivity index (χ0n) is 14.1. The number of carboxylic acids is 1. The van der Waals surface area contributed by atoms with Crippen LogP contribution in [0, 0.1) is 0 Å². The van der Waals surface area contributed by atoms with E-state index in [0.717, 1.165) is 28.2 Å². The van der Waals surface area contributed by atoms with E-state index in [9.17, 15) is 9.59 Å². The number of allylic oxidation sites excluding steroid dienone is 4. The molecule has 1 aromatic rings. The number of carboxylic acid groups (broad SMARTS) is 1. The third kappa shape index (κ3) is 4.35. The number of aliphatic carboxylic acids is 1. The van der Waals surface area contributed by atoms with Gasteiger partial charge in [-0.2, -0.15) is 0 Å². The molecule has 1 aliphatic heterocycles. The van der Waals surface area contributed by atoms with Crippen LogP contribution in [-0.4, -0.2) is 17.0 Å². The fraction of sp³-hybridized carbons (Fsp3) is 0.263. The summed E-state index contributed by atoms with van der Waals surface area (Å²) in [6.07, 6.45) is 4.24. The molecule has 0 saturated carbocycles. The van der Waals surface area contributed by atoms with Gasteiger partial charge in [0.1, 0.15) is 0 Å². The molecule has 3 N–H and O–H groups in total. The van der Waals surface area contributed by atoms with Crippen molar-refractivity contribution in [1.29, 1.82) is 0 Å². The molecule has 0 fully saturated rings. The summed E-state index contributed by atoms with van der Waals surface area (Å²) in [6, 6.07) is 7.58. The number of anilines is 1. The van der Waals surface area contributed by atoms with Gasteiger partial charge < -0.3 is 15.7 Å². The zero-order chi connectivity index (χ0) is 17.7. The number of fused-ring (bicyclic) bond motifs is 1. The Labute approximate surface area is 141 Å². The Kier molecular flexibility index (Phi) is 5.58. The fourth-order valence-electron chi connectivity index (χ4n) is 2.41. The third-order valence-corrected chi connectivity index (χ3v) is 3.68. The van der Waals surface area contributed by atoms with Gasteiger partial charge in [0.25, 0.3) is 5.91 Å². The van der Waals surface area contributed by atoms with Crippen LogP contribution in [0.25, 0.3) is 5.57 Å². The molecule has 24 heavy (non-hydrogen) atoms. The summed E-state index contributed by atoms with van der Waals surface area (Å²) in [5, 5.41) is 14.8. The first kappa shape index (κ1) is 17.5. The van der Waals surface area contributed by atoms with Gasteiger partial charge in [-0.25, -0.2) is 0 Å². The van der Waals surface area contributed by atoms with Crippen LogP contribution in [0.15, 0.2) is 53.4 Å². The van der Waals surface area contributed by atoms with Crippen LogP contribution in [0.2, 0.25) is 0 Å². The molecule has 0 aromatic heterocycles. The molecule has 1 aliphatic rings. The van der Waals surface area contributed by atoms with Crippen molar-refractivity contribution in [3.05, 3.63) is 58.9 Å². The number of nitrogens with one attached hydrogen (secondary N) is 2. The minimum atomic E-state index is -0.817. The number of carbonyl (C=O) groups excluding carboxylic acids is 1. The quantitative estimate of drug-likeness (QED) is 0.697. The number of rotatable bonds is 6. The minimum Gasteiger partial charge on any atom is -0.481 e. The Morgan fingerprint density at radius 1 is 1.25 bits per heavy atom. The lowest BCUT2D eigenvalue weighted by molar-refractivity contribution is -0.136. The van der Waals surface area contributed by atoms with E-state index >= 15 is 0 Å². The second-order valence-electron chi connectivity index (χ2n) is 5.92. The van der Waals surface area contributed by atoms with Crippen molar-refractivity contribution in [3.63, 3.8) is 0 Å². The van der Waals surface area contributed by atoms with E-state index < -0.39 is 5.97 Å². The van der Waals surface area contributed by atoms with Crippen molar-refractivity contribution in [2.45, 2.75) is 33.6 Å². The number of benzene rings is 1. The van der Waals surface area contributed by atoms with Crippen LogP contribution in [0.4, 0.5) is 5.69 Å². The molecule has 0 radical (unpaired) electrons. The van der Waals surface area contributed by atoms with E-state index in [-0.39, 0.29) is 12.3 Å². The van der Waals surface area contributed by atoms with E-state index in [2.05, 4.69) is 10.6 Å². The molecule has 5 nitrogen and oxygen atoms in total. The Balaban J connectivity index is 2.23. The van der Waals surface area contributed by atoms with Crippen LogP contribution in [0.1, 0.15) is 39.2 Å². The van der Waals surface area contributed by atoms with Gasteiger partial charge in [0.05, 0.1) is 5.57 Å². The Bertz CT molecular complexity index is 754. The van der Waals surface area contributed by atoms with Gasteiger partial charge in [-0.15, -0.1) is 0 Å². The zero-order valence-corrected chi connectivity index (χ0v) is 14.1. The van der Waals surface area contributed by atoms with Crippen LogP contribution in [-0.2, 0) is 9.59 Å². The molecule has 1 heterocycles. The van der Waals surface area contributed by atoms with Crippen molar-refractivity contribution in [2.24, 2.45) is 0 Å². The largest absolute Gasteiger partial charge is 0.481 e. The highest BCUT2D eigenvalue weighted by atomic mass is 16.4. The maximum absolute atomic E-state index is 12.2. The van der Waals surface area contributed by atoms with Crippen molar-refractivity contribution in [2.75, 3.05) is 5.32 Å². The number of hydrogen-bond donors (Lipinski definition) is 3. The maximum Gasteiger partial charge on any atom is 0.303 e. The van der Waals surface area contributed by atoms with E-state index in [0.29, 0.717) is 12.0 Å². The average Bonchev–Trinajstić information content (AvgIpc) is 2.82. The fourth-order valence-corrected chi connectivity index (χ4v) is 2.41. The molecule has 0 bridgehead atoms. The SMILES string of the molecule is CC(C)=C(/C=C1\C(=O)Nc2ccccc21)N/C(C)=C/CCC(=O)O. The predicted octanol–water partition coefficient (Wildman–Crippen LogP) is 3.67. The Morgan fingerprint density at radius 2 is 1.96 bits per heavy atom. The van der Waals surface area contributed by atoms with Gasteiger partial charge in [0, 0.05) is 29.1 Å². The lowest BCUT2D eigenvalue weighted by Crippen LogP contribution is -2.12. The first-order chi connectivity index (χ1) is 11.4. The van der Waals surface area contributed by atoms with Crippen LogP contribution in [0.5, 0.6) is 0 Å². The first-order valence-electron chi connectivity index (χ1n) is 7.84. The molecular weight excluding hydrogens is 304 g/mol. The van der Waals surface area contributed by atoms with Crippen LogP contribution < -0.4 is 10.6 Å². The highest BCUT2D eigenvalue weighted by Gasteiger charge is 2.23. The highest BCUT2D eigenvalue weighted by molar-refractivity contribution is 6.31. The first-order valence-corrected chi connectivity index (χ1v) is 7.84.